The van der Waals surface area contributed by atoms with Crippen molar-refractivity contribution in [1.82, 2.24) is 14.7 Å². The fourth-order valence-electron chi connectivity index (χ4n) is 3.76. The first-order chi connectivity index (χ1) is 13.5. The molecule has 0 spiro atoms. The quantitative estimate of drug-likeness (QED) is 0.435. The molecule has 6 nitrogen and oxygen atoms in total. The van der Waals surface area contributed by atoms with Gasteiger partial charge in [0.05, 0.1) is 23.7 Å². The predicted molar refractivity (Wildman–Crippen MR) is 113 cm³/mol. The van der Waals surface area contributed by atoms with Gasteiger partial charge in [0, 0.05) is 22.8 Å². The van der Waals surface area contributed by atoms with Crippen LogP contribution < -0.4 is 5.56 Å². The Labute approximate surface area is 172 Å². The van der Waals surface area contributed by atoms with Crippen LogP contribution in [-0.2, 0) is 23.5 Å². The monoisotopic (exact) mass is 419 g/mol. The molecule has 28 heavy (non-hydrogen) atoms. The SMILES string of the molecule is CCc1c(C)sc2nc(SCc3c(C)noc3C)n(CC3CCCO3)c(=O)c12. The zero-order valence-electron chi connectivity index (χ0n) is 16.7. The maximum atomic E-state index is 13.5. The lowest BCUT2D eigenvalue weighted by molar-refractivity contribution is 0.0937. The molecule has 3 aromatic rings. The van der Waals surface area contributed by atoms with Crippen molar-refractivity contribution in [2.75, 3.05) is 6.61 Å². The standard InChI is InChI=1S/C20H25N3O3S2/c1-5-15-13(4)28-18-17(15)19(24)23(9-14-7-6-8-25-14)20(21-18)27-10-16-11(2)22-26-12(16)3/h14H,5-10H2,1-4H3. The van der Waals surface area contributed by atoms with E-state index < -0.39 is 0 Å². The van der Waals surface area contributed by atoms with E-state index in [0.29, 0.717) is 12.3 Å². The van der Waals surface area contributed by atoms with Crippen LogP contribution in [0, 0.1) is 20.8 Å². The van der Waals surface area contributed by atoms with Crippen molar-refractivity contribution in [3.05, 3.63) is 37.8 Å². The van der Waals surface area contributed by atoms with Crippen LogP contribution in [0.25, 0.3) is 10.2 Å². The molecule has 0 saturated carbocycles. The van der Waals surface area contributed by atoms with Crippen molar-refractivity contribution in [2.24, 2.45) is 0 Å². The lowest BCUT2D eigenvalue weighted by Crippen LogP contribution is -2.29. The zero-order valence-corrected chi connectivity index (χ0v) is 18.3. The number of hydrogen-bond donors (Lipinski definition) is 0. The largest absolute Gasteiger partial charge is 0.376 e. The summed E-state index contributed by atoms with van der Waals surface area (Å²) in [6.07, 6.45) is 2.96. The summed E-state index contributed by atoms with van der Waals surface area (Å²) in [5.41, 5.74) is 3.14. The summed E-state index contributed by atoms with van der Waals surface area (Å²) in [7, 11) is 0. The molecular formula is C20H25N3O3S2. The van der Waals surface area contributed by atoms with E-state index in [1.807, 2.05) is 18.4 Å². The zero-order chi connectivity index (χ0) is 19.8. The van der Waals surface area contributed by atoms with E-state index >= 15 is 0 Å². The van der Waals surface area contributed by atoms with Crippen molar-refractivity contribution in [1.29, 1.82) is 0 Å². The van der Waals surface area contributed by atoms with Gasteiger partial charge < -0.3 is 9.26 Å². The molecule has 0 amide bonds. The van der Waals surface area contributed by atoms with Gasteiger partial charge in [-0.1, -0.05) is 23.8 Å². The lowest BCUT2D eigenvalue weighted by Gasteiger charge is -2.16. The van der Waals surface area contributed by atoms with E-state index in [1.54, 1.807) is 23.1 Å². The molecule has 1 aliphatic heterocycles. The van der Waals surface area contributed by atoms with E-state index in [1.165, 1.54) is 4.88 Å². The first-order valence-corrected chi connectivity index (χ1v) is 11.5. The molecule has 4 heterocycles. The van der Waals surface area contributed by atoms with Gasteiger partial charge >= 0.3 is 0 Å². The Kier molecular flexibility index (Phi) is 5.62. The van der Waals surface area contributed by atoms with E-state index in [9.17, 15) is 4.79 Å². The number of fused-ring (bicyclic) bond motifs is 1. The van der Waals surface area contributed by atoms with Gasteiger partial charge in [-0.05, 0) is 45.6 Å². The van der Waals surface area contributed by atoms with Gasteiger partial charge in [0.15, 0.2) is 5.16 Å². The highest BCUT2D eigenvalue weighted by molar-refractivity contribution is 7.98. The lowest BCUT2D eigenvalue weighted by atomic mass is 10.1. The van der Waals surface area contributed by atoms with Gasteiger partial charge in [-0.3, -0.25) is 9.36 Å². The average Bonchev–Trinajstić information content (AvgIpc) is 3.36. The maximum absolute atomic E-state index is 13.5. The Morgan fingerprint density at radius 1 is 1.29 bits per heavy atom. The Morgan fingerprint density at radius 2 is 2.11 bits per heavy atom. The second-order valence-electron chi connectivity index (χ2n) is 7.21. The molecule has 0 aromatic carbocycles. The molecule has 1 saturated heterocycles. The molecule has 8 heteroatoms. The van der Waals surface area contributed by atoms with Crippen LogP contribution in [0.2, 0.25) is 0 Å². The first kappa shape index (κ1) is 19.7. The van der Waals surface area contributed by atoms with Gasteiger partial charge in [-0.15, -0.1) is 11.3 Å². The minimum atomic E-state index is 0.0583. The second-order valence-corrected chi connectivity index (χ2v) is 9.35. The molecule has 0 radical (unpaired) electrons. The van der Waals surface area contributed by atoms with Gasteiger partial charge in [-0.25, -0.2) is 4.98 Å². The highest BCUT2D eigenvalue weighted by Gasteiger charge is 2.23. The Hall–Kier alpha value is -1.64. The van der Waals surface area contributed by atoms with E-state index in [-0.39, 0.29) is 11.7 Å². The highest BCUT2D eigenvalue weighted by atomic mass is 32.2. The van der Waals surface area contributed by atoms with Gasteiger partial charge in [0.25, 0.3) is 5.56 Å². The number of thiophene rings is 1. The summed E-state index contributed by atoms with van der Waals surface area (Å²) < 4.78 is 12.9. The summed E-state index contributed by atoms with van der Waals surface area (Å²) >= 11 is 3.18. The molecule has 1 unspecified atom stereocenters. The van der Waals surface area contributed by atoms with Crippen LogP contribution in [0.15, 0.2) is 14.5 Å². The maximum Gasteiger partial charge on any atom is 0.263 e. The topological polar surface area (TPSA) is 70.2 Å². The molecule has 0 N–H and O–H groups in total. The smallest absolute Gasteiger partial charge is 0.263 e. The van der Waals surface area contributed by atoms with E-state index in [0.717, 1.165) is 63.8 Å². The number of aryl methyl sites for hydroxylation is 4. The van der Waals surface area contributed by atoms with Crippen LogP contribution in [0.4, 0.5) is 0 Å². The minimum absolute atomic E-state index is 0.0583. The third-order valence-corrected chi connectivity index (χ3v) is 7.41. The van der Waals surface area contributed by atoms with Crippen LogP contribution in [-0.4, -0.2) is 27.4 Å². The van der Waals surface area contributed by atoms with Gasteiger partial charge in [0.1, 0.15) is 10.6 Å². The Balaban J connectivity index is 1.77. The summed E-state index contributed by atoms with van der Waals surface area (Å²) in [5, 5.41) is 5.56. The summed E-state index contributed by atoms with van der Waals surface area (Å²) in [6.45, 7) is 9.36. The van der Waals surface area contributed by atoms with Crippen LogP contribution in [0.1, 0.15) is 47.2 Å². The number of ether oxygens (including phenoxy) is 1. The highest BCUT2D eigenvalue weighted by Crippen LogP contribution is 2.31. The van der Waals surface area contributed by atoms with E-state index in [4.69, 9.17) is 14.2 Å². The fraction of sp³-hybridized carbons (Fsp3) is 0.550. The van der Waals surface area contributed by atoms with Crippen molar-refractivity contribution in [3.63, 3.8) is 0 Å². The Bertz CT molecular complexity index is 1040. The molecule has 4 rings (SSSR count). The van der Waals surface area contributed by atoms with Crippen molar-refractivity contribution in [3.8, 4) is 0 Å². The number of aromatic nitrogens is 3. The van der Waals surface area contributed by atoms with Crippen LogP contribution in [0.5, 0.6) is 0 Å². The number of hydrogen-bond acceptors (Lipinski definition) is 7. The van der Waals surface area contributed by atoms with Gasteiger partial charge in [-0.2, -0.15) is 0 Å². The molecule has 1 atom stereocenters. The normalized spacial score (nSPS) is 17.1. The number of nitrogens with zero attached hydrogens (tertiary/aromatic N) is 3. The summed E-state index contributed by atoms with van der Waals surface area (Å²) in [5.74, 6) is 1.50. The van der Waals surface area contributed by atoms with Gasteiger partial charge in [0.2, 0.25) is 0 Å². The summed E-state index contributed by atoms with van der Waals surface area (Å²) in [6, 6.07) is 0. The Morgan fingerprint density at radius 3 is 2.75 bits per heavy atom. The molecular weight excluding hydrogens is 394 g/mol. The molecule has 0 aliphatic carbocycles. The van der Waals surface area contributed by atoms with Crippen LogP contribution in [0.3, 0.4) is 0 Å². The third-order valence-electron chi connectivity index (χ3n) is 5.37. The molecule has 150 valence electrons. The minimum Gasteiger partial charge on any atom is -0.376 e. The average molecular weight is 420 g/mol. The third kappa shape index (κ3) is 3.53. The van der Waals surface area contributed by atoms with Crippen molar-refractivity contribution in [2.45, 2.75) is 70.5 Å². The predicted octanol–water partition coefficient (Wildman–Crippen LogP) is 4.40. The molecule has 3 aromatic heterocycles. The molecule has 1 aliphatic rings. The van der Waals surface area contributed by atoms with E-state index in [2.05, 4.69) is 19.0 Å². The number of thioether (sulfide) groups is 1. The van der Waals surface area contributed by atoms with Crippen molar-refractivity contribution >= 4 is 33.3 Å². The fourth-order valence-corrected chi connectivity index (χ4v) is 6.08. The van der Waals surface area contributed by atoms with Crippen molar-refractivity contribution < 1.29 is 9.26 Å². The molecule has 1 fully saturated rings. The summed E-state index contributed by atoms with van der Waals surface area (Å²) in [4.78, 5) is 20.4. The molecule has 0 bridgehead atoms. The second kappa shape index (κ2) is 8.00. The first-order valence-electron chi connectivity index (χ1n) is 9.68. The van der Waals surface area contributed by atoms with Crippen LogP contribution >= 0.6 is 23.1 Å². The number of rotatable bonds is 6.